The topological polar surface area (TPSA) is 78.1 Å². The summed E-state index contributed by atoms with van der Waals surface area (Å²) < 4.78 is 25.7. The van der Waals surface area contributed by atoms with Crippen molar-refractivity contribution in [2.24, 2.45) is 0 Å². The van der Waals surface area contributed by atoms with Gasteiger partial charge in [0.25, 0.3) is 10.0 Å². The molecule has 0 aliphatic rings. The summed E-state index contributed by atoms with van der Waals surface area (Å²) in [6.45, 7) is 2.31. The van der Waals surface area contributed by atoms with Gasteiger partial charge in [-0.3, -0.25) is 5.10 Å². The maximum absolute atomic E-state index is 11.6. The highest BCUT2D eigenvalue weighted by atomic mass is 32.2. The quantitative estimate of drug-likeness (QED) is 0.726. The fraction of sp³-hybridized carbons (Fsp3) is 0.625. The molecule has 1 rings (SSSR count). The van der Waals surface area contributed by atoms with Gasteiger partial charge in [0.1, 0.15) is 0 Å². The lowest BCUT2D eigenvalue weighted by Gasteiger charge is -2.19. The highest BCUT2D eigenvalue weighted by molar-refractivity contribution is 7.89. The van der Waals surface area contributed by atoms with Gasteiger partial charge in [-0.2, -0.15) is 5.10 Å². The number of nitrogens with one attached hydrogen (secondary N) is 2. The molecule has 0 saturated carbocycles. The average Bonchev–Trinajstić information content (AvgIpc) is 2.67. The molecule has 0 spiro atoms. The highest BCUT2D eigenvalue weighted by Gasteiger charge is 2.16. The molecular weight excluding hydrogens is 216 g/mol. The maximum Gasteiger partial charge on any atom is 0.257 e. The van der Waals surface area contributed by atoms with Crippen molar-refractivity contribution in [1.29, 1.82) is 0 Å². The van der Waals surface area contributed by atoms with Gasteiger partial charge in [0.2, 0.25) is 0 Å². The smallest absolute Gasteiger partial charge is 0.257 e. The van der Waals surface area contributed by atoms with Crippen molar-refractivity contribution in [3.8, 4) is 0 Å². The van der Waals surface area contributed by atoms with E-state index in [9.17, 15) is 8.42 Å². The molecule has 2 N–H and O–H groups in total. The number of hydrogen-bond donors (Lipinski definition) is 2. The van der Waals surface area contributed by atoms with Crippen LogP contribution in [-0.2, 0) is 10.0 Å². The summed E-state index contributed by atoms with van der Waals surface area (Å²) in [4.78, 5) is 1.94. The van der Waals surface area contributed by atoms with Gasteiger partial charge in [-0.1, -0.05) is 0 Å². The Bertz CT molecular complexity index is 385. The van der Waals surface area contributed by atoms with Gasteiger partial charge in [-0.15, -0.1) is 0 Å². The van der Waals surface area contributed by atoms with E-state index in [4.69, 9.17) is 0 Å². The largest absolute Gasteiger partial charge is 0.305 e. The summed E-state index contributed by atoms with van der Waals surface area (Å²) in [6, 6.07) is 1.56. The van der Waals surface area contributed by atoms with Crippen molar-refractivity contribution in [2.75, 3.05) is 20.6 Å². The summed E-state index contributed by atoms with van der Waals surface area (Å²) in [5, 5.41) is 6.10. The number of rotatable bonds is 5. The lowest BCUT2D eigenvalue weighted by Crippen LogP contribution is -2.38. The van der Waals surface area contributed by atoms with Crippen LogP contribution in [-0.4, -0.2) is 50.2 Å². The van der Waals surface area contributed by atoms with E-state index in [2.05, 4.69) is 14.9 Å². The van der Waals surface area contributed by atoms with Crippen molar-refractivity contribution < 1.29 is 8.42 Å². The summed E-state index contributed by atoms with van der Waals surface area (Å²) >= 11 is 0. The van der Waals surface area contributed by atoms with Crippen LogP contribution in [0.25, 0.3) is 0 Å². The molecule has 86 valence electrons. The van der Waals surface area contributed by atoms with Gasteiger partial charge >= 0.3 is 0 Å². The zero-order valence-electron chi connectivity index (χ0n) is 9.06. The second kappa shape index (κ2) is 4.73. The van der Waals surface area contributed by atoms with Gasteiger partial charge in [-0.25, -0.2) is 13.1 Å². The molecule has 1 aromatic rings. The zero-order valence-corrected chi connectivity index (χ0v) is 9.87. The van der Waals surface area contributed by atoms with Gasteiger partial charge < -0.3 is 4.90 Å². The van der Waals surface area contributed by atoms with Crippen molar-refractivity contribution in [2.45, 2.75) is 18.0 Å². The molecule has 0 aliphatic carbocycles. The second-order valence-electron chi connectivity index (χ2n) is 3.59. The molecule has 1 heterocycles. The SMILES string of the molecule is CC(CNS(=O)(=O)c1ccn[nH]1)N(C)C. The average molecular weight is 232 g/mol. The lowest BCUT2D eigenvalue weighted by atomic mass is 10.3. The first kappa shape index (κ1) is 12.2. The van der Waals surface area contributed by atoms with E-state index < -0.39 is 10.0 Å². The standard InChI is InChI=1S/C8H16N4O2S/c1-7(12(2)3)6-10-15(13,14)8-4-5-9-11-8/h4-5,7,10H,6H2,1-3H3,(H,9,11). The molecule has 0 radical (unpaired) electrons. The predicted molar refractivity (Wildman–Crippen MR) is 56.9 cm³/mol. The number of likely N-dealkylation sites (N-methyl/N-ethyl adjacent to an activating group) is 1. The molecule has 0 fully saturated rings. The van der Waals surface area contributed by atoms with Crippen LogP contribution in [0, 0.1) is 0 Å². The normalized spacial score (nSPS) is 14.4. The van der Waals surface area contributed by atoms with Crippen LogP contribution in [0.5, 0.6) is 0 Å². The number of hydrogen-bond acceptors (Lipinski definition) is 4. The molecule has 1 aromatic heterocycles. The molecule has 15 heavy (non-hydrogen) atoms. The minimum atomic E-state index is -3.44. The first-order valence-electron chi connectivity index (χ1n) is 4.59. The number of nitrogens with zero attached hydrogens (tertiary/aromatic N) is 2. The van der Waals surface area contributed by atoms with E-state index >= 15 is 0 Å². The number of H-pyrrole nitrogens is 1. The Labute approximate surface area is 89.7 Å². The summed E-state index contributed by atoms with van der Waals surface area (Å²) in [5.74, 6) is 0. The summed E-state index contributed by atoms with van der Waals surface area (Å²) in [5.41, 5.74) is 0. The van der Waals surface area contributed by atoms with Crippen molar-refractivity contribution in [3.63, 3.8) is 0 Å². The Morgan fingerprint density at radius 1 is 1.60 bits per heavy atom. The van der Waals surface area contributed by atoms with Crippen LogP contribution in [0.4, 0.5) is 0 Å². The highest BCUT2D eigenvalue weighted by Crippen LogP contribution is 2.02. The van der Waals surface area contributed by atoms with E-state index in [0.717, 1.165) is 0 Å². The third-order valence-electron chi connectivity index (χ3n) is 2.22. The molecular formula is C8H16N4O2S. The Hall–Kier alpha value is -0.920. The van der Waals surface area contributed by atoms with Crippen LogP contribution in [0.1, 0.15) is 6.92 Å². The number of sulfonamides is 1. The van der Waals surface area contributed by atoms with Crippen molar-refractivity contribution >= 4 is 10.0 Å². The number of aromatic amines is 1. The first-order chi connectivity index (χ1) is 6.93. The van der Waals surface area contributed by atoms with Crippen molar-refractivity contribution in [1.82, 2.24) is 19.8 Å². The zero-order chi connectivity index (χ0) is 11.5. The summed E-state index contributed by atoms with van der Waals surface area (Å²) in [6.07, 6.45) is 1.41. The van der Waals surface area contributed by atoms with E-state index in [0.29, 0.717) is 6.54 Å². The predicted octanol–water partition coefficient (Wildman–Crippen LogP) is -0.362. The molecule has 1 unspecified atom stereocenters. The first-order valence-corrected chi connectivity index (χ1v) is 6.07. The molecule has 0 saturated heterocycles. The van der Waals surface area contributed by atoms with Crippen LogP contribution >= 0.6 is 0 Å². The Morgan fingerprint density at radius 2 is 2.27 bits per heavy atom. The maximum atomic E-state index is 11.6. The monoisotopic (exact) mass is 232 g/mol. The fourth-order valence-corrected chi connectivity index (χ4v) is 1.91. The Morgan fingerprint density at radius 3 is 2.73 bits per heavy atom. The van der Waals surface area contributed by atoms with E-state index in [1.807, 2.05) is 25.9 Å². The minimum Gasteiger partial charge on any atom is -0.305 e. The molecule has 0 aromatic carbocycles. The molecule has 0 amide bonds. The third kappa shape index (κ3) is 3.29. The fourth-order valence-electron chi connectivity index (χ4n) is 0.883. The Balaban J connectivity index is 2.59. The van der Waals surface area contributed by atoms with Crippen LogP contribution in [0.15, 0.2) is 17.3 Å². The second-order valence-corrected chi connectivity index (χ2v) is 5.32. The van der Waals surface area contributed by atoms with Gasteiger partial charge in [0, 0.05) is 12.6 Å². The Kier molecular flexibility index (Phi) is 3.83. The van der Waals surface area contributed by atoms with Gasteiger partial charge in [0.05, 0.1) is 6.20 Å². The molecule has 1 atom stereocenters. The van der Waals surface area contributed by atoms with E-state index in [-0.39, 0.29) is 11.1 Å². The number of aromatic nitrogens is 2. The van der Waals surface area contributed by atoms with Crippen molar-refractivity contribution in [3.05, 3.63) is 12.3 Å². The minimum absolute atomic E-state index is 0.0912. The third-order valence-corrected chi connectivity index (χ3v) is 3.57. The lowest BCUT2D eigenvalue weighted by molar-refractivity contribution is 0.314. The van der Waals surface area contributed by atoms with E-state index in [1.165, 1.54) is 12.3 Å². The molecule has 0 bridgehead atoms. The van der Waals surface area contributed by atoms with E-state index in [1.54, 1.807) is 0 Å². The molecule has 0 aliphatic heterocycles. The summed E-state index contributed by atoms with van der Waals surface area (Å²) in [7, 11) is 0.356. The van der Waals surface area contributed by atoms with Gasteiger partial charge in [0.15, 0.2) is 5.03 Å². The van der Waals surface area contributed by atoms with Crippen LogP contribution < -0.4 is 4.72 Å². The van der Waals surface area contributed by atoms with Gasteiger partial charge in [-0.05, 0) is 27.1 Å². The van der Waals surface area contributed by atoms with Crippen LogP contribution in [0.3, 0.4) is 0 Å². The molecule has 7 heteroatoms. The molecule has 6 nitrogen and oxygen atoms in total. The van der Waals surface area contributed by atoms with Crippen LogP contribution in [0.2, 0.25) is 0 Å².